The molecule has 0 aromatic rings. The molecule has 14 heteroatoms. The van der Waals surface area contributed by atoms with Gasteiger partial charge in [-0.25, -0.2) is 0 Å². The molecule has 0 bridgehead atoms. The highest BCUT2D eigenvalue weighted by molar-refractivity contribution is 4.39. The zero-order chi connectivity index (χ0) is 28.9. The van der Waals surface area contributed by atoms with E-state index in [1.807, 2.05) is 0 Å². The van der Waals surface area contributed by atoms with Crippen molar-refractivity contribution in [1.29, 1.82) is 0 Å². The molecule has 0 rings (SSSR count). The van der Waals surface area contributed by atoms with Crippen molar-refractivity contribution < 1.29 is 67.1 Å². The molecule has 0 radical (unpaired) electrons. The molecule has 0 atom stereocenters. The van der Waals surface area contributed by atoms with Crippen molar-refractivity contribution in [1.82, 2.24) is 0 Å². The molecule has 0 aliphatic carbocycles. The Morgan fingerprint density at radius 1 is 0.175 bits per heavy atom. The average Bonchev–Trinajstić information content (AvgIpc) is 2.97. The van der Waals surface area contributed by atoms with E-state index in [1.165, 1.54) is 0 Å². The molecule has 0 saturated carbocycles. The lowest BCUT2D eigenvalue weighted by atomic mass is 10.6. The van der Waals surface area contributed by atoms with Crippen LogP contribution in [0.2, 0.25) is 0 Å². The minimum atomic E-state index is 0.0243. The molecule has 0 fully saturated rings. The van der Waals surface area contributed by atoms with Gasteiger partial charge in [-0.1, -0.05) is 0 Å². The molecule has 40 heavy (non-hydrogen) atoms. The van der Waals surface area contributed by atoms with Crippen molar-refractivity contribution in [2.45, 2.75) is 0 Å². The first-order valence-electron chi connectivity index (χ1n) is 14.1. The summed E-state index contributed by atoms with van der Waals surface area (Å²) in [5.41, 5.74) is 0. The SMILES string of the molecule is OCCOCCOCCOCCOCCOCCOCCOCCOCCOCCOCCOCCOCCO. The van der Waals surface area contributed by atoms with Gasteiger partial charge in [-0.15, -0.1) is 0 Å². The van der Waals surface area contributed by atoms with Crippen molar-refractivity contribution in [2.75, 3.05) is 172 Å². The summed E-state index contributed by atoms with van der Waals surface area (Å²) >= 11 is 0. The lowest BCUT2D eigenvalue weighted by Gasteiger charge is -2.09. The van der Waals surface area contributed by atoms with E-state index >= 15 is 0 Å². The first-order chi connectivity index (χ1) is 19.9. The first-order valence-corrected chi connectivity index (χ1v) is 14.1. The van der Waals surface area contributed by atoms with Crippen molar-refractivity contribution >= 4 is 0 Å². The highest BCUT2D eigenvalue weighted by Crippen LogP contribution is 1.87. The predicted octanol–water partition coefficient (Wildman–Crippen LogP) is -0.830. The van der Waals surface area contributed by atoms with Crippen molar-refractivity contribution in [3.05, 3.63) is 0 Å². The average molecular weight is 591 g/mol. The van der Waals surface area contributed by atoms with Crippen molar-refractivity contribution in [3.8, 4) is 0 Å². The number of aliphatic hydroxyl groups excluding tert-OH is 2. The van der Waals surface area contributed by atoms with E-state index in [0.717, 1.165) is 0 Å². The van der Waals surface area contributed by atoms with Gasteiger partial charge in [0, 0.05) is 0 Å². The molecule has 0 aromatic heterocycles. The predicted molar refractivity (Wildman–Crippen MR) is 144 cm³/mol. The molecule has 0 heterocycles. The van der Waals surface area contributed by atoms with E-state index in [0.29, 0.717) is 159 Å². The molecule has 14 nitrogen and oxygen atoms in total. The van der Waals surface area contributed by atoms with Crippen LogP contribution in [0.4, 0.5) is 0 Å². The molecule has 0 aromatic carbocycles. The van der Waals surface area contributed by atoms with Gasteiger partial charge < -0.3 is 67.1 Å². The fourth-order valence-electron chi connectivity index (χ4n) is 2.65. The molecular formula is C26H54O14. The largest absolute Gasteiger partial charge is 0.394 e. The summed E-state index contributed by atoms with van der Waals surface area (Å²) in [6.45, 7) is 11.7. The molecule has 0 saturated heterocycles. The van der Waals surface area contributed by atoms with Crippen LogP contribution in [-0.2, 0) is 56.8 Å². The van der Waals surface area contributed by atoms with Gasteiger partial charge in [-0.2, -0.15) is 0 Å². The summed E-state index contributed by atoms with van der Waals surface area (Å²) in [6.07, 6.45) is 0. The van der Waals surface area contributed by atoms with Crippen LogP contribution in [0.3, 0.4) is 0 Å². The Labute approximate surface area is 239 Å². The zero-order valence-corrected chi connectivity index (χ0v) is 24.2. The van der Waals surface area contributed by atoms with Crippen LogP contribution in [0.5, 0.6) is 0 Å². The minimum Gasteiger partial charge on any atom is -0.394 e. The van der Waals surface area contributed by atoms with Gasteiger partial charge in [0.1, 0.15) is 0 Å². The van der Waals surface area contributed by atoms with Crippen LogP contribution >= 0.6 is 0 Å². The van der Waals surface area contributed by atoms with Crippen molar-refractivity contribution in [3.63, 3.8) is 0 Å². The van der Waals surface area contributed by atoms with E-state index < -0.39 is 0 Å². The summed E-state index contributed by atoms with van der Waals surface area (Å²) in [5, 5.41) is 17.1. The minimum absolute atomic E-state index is 0.0243. The third-order valence-corrected chi connectivity index (χ3v) is 4.56. The van der Waals surface area contributed by atoms with E-state index in [-0.39, 0.29) is 13.2 Å². The maximum absolute atomic E-state index is 8.56. The second-order valence-electron chi connectivity index (χ2n) is 7.80. The zero-order valence-electron chi connectivity index (χ0n) is 24.2. The fraction of sp³-hybridized carbons (Fsp3) is 1.00. The highest BCUT2D eigenvalue weighted by atomic mass is 16.6. The monoisotopic (exact) mass is 590 g/mol. The summed E-state index contributed by atoms with van der Waals surface area (Å²) in [4.78, 5) is 0. The molecule has 0 aliphatic rings. The molecule has 2 N–H and O–H groups in total. The normalized spacial score (nSPS) is 11.6. The fourth-order valence-corrected chi connectivity index (χ4v) is 2.65. The quantitative estimate of drug-likeness (QED) is 0.0866. The molecule has 0 amide bonds. The summed E-state index contributed by atoms with van der Waals surface area (Å²) in [5.74, 6) is 0. The molecule has 242 valence electrons. The lowest BCUT2D eigenvalue weighted by molar-refractivity contribution is -0.0288. The number of aliphatic hydroxyl groups is 2. The summed E-state index contributed by atoms with van der Waals surface area (Å²) in [6, 6.07) is 0. The van der Waals surface area contributed by atoms with Crippen LogP contribution in [0.15, 0.2) is 0 Å². The Kier molecular flexibility index (Phi) is 37.9. The third-order valence-electron chi connectivity index (χ3n) is 4.56. The number of hydrogen-bond acceptors (Lipinski definition) is 14. The lowest BCUT2D eigenvalue weighted by Crippen LogP contribution is -2.15. The number of rotatable bonds is 37. The number of hydrogen-bond donors (Lipinski definition) is 2. The van der Waals surface area contributed by atoms with Crippen LogP contribution < -0.4 is 0 Å². The summed E-state index contributed by atoms with van der Waals surface area (Å²) < 4.78 is 64.2. The van der Waals surface area contributed by atoms with E-state index in [9.17, 15) is 0 Å². The van der Waals surface area contributed by atoms with Gasteiger partial charge in [0.05, 0.1) is 172 Å². The van der Waals surface area contributed by atoms with Crippen LogP contribution in [0, 0.1) is 0 Å². The first kappa shape index (κ1) is 39.4. The second-order valence-corrected chi connectivity index (χ2v) is 7.80. The maximum atomic E-state index is 8.56. The molecule has 0 aliphatic heterocycles. The van der Waals surface area contributed by atoms with Gasteiger partial charge in [0.15, 0.2) is 0 Å². The second kappa shape index (κ2) is 38.4. The van der Waals surface area contributed by atoms with Gasteiger partial charge in [0.2, 0.25) is 0 Å². The summed E-state index contributed by atoms with van der Waals surface area (Å²) in [7, 11) is 0. The van der Waals surface area contributed by atoms with E-state index in [1.54, 1.807) is 0 Å². The topological polar surface area (TPSA) is 151 Å². The van der Waals surface area contributed by atoms with Gasteiger partial charge in [-0.3, -0.25) is 0 Å². The highest BCUT2D eigenvalue weighted by Gasteiger charge is 1.96. The Morgan fingerprint density at radius 2 is 0.275 bits per heavy atom. The maximum Gasteiger partial charge on any atom is 0.0701 e. The Balaban J connectivity index is 3.01. The van der Waals surface area contributed by atoms with Crippen LogP contribution in [-0.4, -0.2) is 182 Å². The standard InChI is InChI=1S/C26H54O14/c27-1-3-29-5-7-31-9-11-33-13-15-35-17-19-37-21-23-39-25-26-40-24-22-38-20-18-36-16-14-34-12-10-32-8-6-30-4-2-28/h27-28H,1-26H2. The van der Waals surface area contributed by atoms with Crippen LogP contribution in [0.1, 0.15) is 0 Å². The Morgan fingerprint density at radius 3 is 0.375 bits per heavy atom. The third kappa shape index (κ3) is 37.4. The number of ether oxygens (including phenoxy) is 12. The smallest absolute Gasteiger partial charge is 0.0701 e. The molecule has 0 spiro atoms. The van der Waals surface area contributed by atoms with E-state index in [2.05, 4.69) is 0 Å². The molecule has 0 unspecified atom stereocenters. The molecular weight excluding hydrogens is 536 g/mol. The van der Waals surface area contributed by atoms with E-state index in [4.69, 9.17) is 67.1 Å². The van der Waals surface area contributed by atoms with Gasteiger partial charge >= 0.3 is 0 Å². The van der Waals surface area contributed by atoms with Gasteiger partial charge in [0.25, 0.3) is 0 Å². The Bertz CT molecular complexity index is 398. The van der Waals surface area contributed by atoms with Gasteiger partial charge in [-0.05, 0) is 0 Å². The van der Waals surface area contributed by atoms with Crippen molar-refractivity contribution in [2.24, 2.45) is 0 Å². The Hall–Kier alpha value is -0.560. The van der Waals surface area contributed by atoms with Crippen LogP contribution in [0.25, 0.3) is 0 Å².